The number of ether oxygens (including phenoxy) is 2. The van der Waals surface area contributed by atoms with Crippen molar-refractivity contribution >= 4 is 12.0 Å². The van der Waals surface area contributed by atoms with E-state index < -0.39 is 5.82 Å². The summed E-state index contributed by atoms with van der Waals surface area (Å²) in [6.07, 6.45) is 3.23. The molecule has 25 heavy (non-hydrogen) atoms. The summed E-state index contributed by atoms with van der Waals surface area (Å²) in [5.41, 5.74) is 1.60. The Morgan fingerprint density at radius 2 is 1.92 bits per heavy atom. The molecule has 0 N–H and O–H groups in total. The Kier molecular flexibility index (Phi) is 6.57. The highest BCUT2D eigenvalue weighted by Gasteiger charge is 2.09. The van der Waals surface area contributed by atoms with Gasteiger partial charge < -0.3 is 14.4 Å². The predicted octanol–water partition coefficient (Wildman–Crippen LogP) is 3.90. The monoisotopic (exact) mass is 343 g/mol. The van der Waals surface area contributed by atoms with Gasteiger partial charge in [0.2, 0.25) is 5.91 Å². The molecule has 0 aliphatic rings. The van der Waals surface area contributed by atoms with Gasteiger partial charge in [-0.25, -0.2) is 4.39 Å². The first kappa shape index (κ1) is 18.5. The van der Waals surface area contributed by atoms with Gasteiger partial charge >= 0.3 is 0 Å². The highest BCUT2D eigenvalue weighted by atomic mass is 19.1. The summed E-state index contributed by atoms with van der Waals surface area (Å²) in [7, 11) is 3.09. The lowest BCUT2D eigenvalue weighted by molar-refractivity contribution is -0.125. The lowest BCUT2D eigenvalue weighted by atomic mass is 10.2. The molecule has 1 amide bonds. The highest BCUT2D eigenvalue weighted by molar-refractivity contribution is 5.91. The summed E-state index contributed by atoms with van der Waals surface area (Å²) in [6, 6.07) is 12.1. The third kappa shape index (κ3) is 5.35. The van der Waals surface area contributed by atoms with Crippen LogP contribution in [-0.2, 0) is 11.3 Å². The van der Waals surface area contributed by atoms with Crippen LogP contribution in [-0.4, -0.2) is 31.6 Å². The van der Waals surface area contributed by atoms with Crippen molar-refractivity contribution < 1.29 is 18.7 Å². The molecule has 2 aromatic rings. The van der Waals surface area contributed by atoms with Crippen molar-refractivity contribution in [3.8, 4) is 11.5 Å². The van der Waals surface area contributed by atoms with Crippen LogP contribution in [0.25, 0.3) is 6.08 Å². The second kappa shape index (κ2) is 8.87. The summed E-state index contributed by atoms with van der Waals surface area (Å²) >= 11 is 0. The van der Waals surface area contributed by atoms with Crippen LogP contribution in [0.15, 0.2) is 48.5 Å². The Morgan fingerprint density at radius 3 is 2.52 bits per heavy atom. The molecule has 0 saturated carbocycles. The van der Waals surface area contributed by atoms with Gasteiger partial charge in [0.1, 0.15) is 5.75 Å². The number of benzene rings is 2. The van der Waals surface area contributed by atoms with E-state index in [-0.39, 0.29) is 11.7 Å². The van der Waals surface area contributed by atoms with Crippen molar-refractivity contribution in [2.24, 2.45) is 0 Å². The molecular formula is C20H22FNO3. The van der Waals surface area contributed by atoms with Crippen LogP contribution in [0.3, 0.4) is 0 Å². The maximum Gasteiger partial charge on any atom is 0.246 e. The number of methoxy groups -OCH3 is 1. The zero-order chi connectivity index (χ0) is 18.2. The summed E-state index contributed by atoms with van der Waals surface area (Å²) in [5, 5.41) is 0. The number of likely N-dealkylation sites (N-methyl/N-ethyl adjacent to an activating group) is 1. The summed E-state index contributed by atoms with van der Waals surface area (Å²) in [6.45, 7) is 2.86. The fourth-order valence-corrected chi connectivity index (χ4v) is 2.30. The van der Waals surface area contributed by atoms with Crippen molar-refractivity contribution in [1.29, 1.82) is 0 Å². The van der Waals surface area contributed by atoms with Gasteiger partial charge in [-0.3, -0.25) is 4.79 Å². The molecule has 0 aliphatic carbocycles. The Hall–Kier alpha value is -2.82. The molecule has 4 nitrogen and oxygen atoms in total. The van der Waals surface area contributed by atoms with Crippen LogP contribution in [0.2, 0.25) is 0 Å². The van der Waals surface area contributed by atoms with Crippen LogP contribution >= 0.6 is 0 Å². The molecule has 0 unspecified atom stereocenters. The van der Waals surface area contributed by atoms with E-state index in [0.29, 0.717) is 18.7 Å². The van der Waals surface area contributed by atoms with Gasteiger partial charge in [-0.05, 0) is 48.4 Å². The Bertz CT molecular complexity index is 741. The van der Waals surface area contributed by atoms with E-state index in [0.717, 1.165) is 11.3 Å². The number of hydrogen-bond acceptors (Lipinski definition) is 3. The molecule has 0 spiro atoms. The van der Waals surface area contributed by atoms with Crippen LogP contribution in [0.1, 0.15) is 18.1 Å². The number of carbonyl (C=O) groups excluding carboxylic acids is 1. The minimum atomic E-state index is -0.439. The van der Waals surface area contributed by atoms with Gasteiger partial charge in [0.15, 0.2) is 11.6 Å². The lowest BCUT2D eigenvalue weighted by Gasteiger charge is -2.15. The average molecular weight is 343 g/mol. The number of hydrogen-bond donors (Lipinski definition) is 0. The normalized spacial score (nSPS) is 10.7. The van der Waals surface area contributed by atoms with Crippen molar-refractivity contribution in [3.05, 3.63) is 65.5 Å². The number of carbonyl (C=O) groups is 1. The molecule has 0 radical (unpaired) electrons. The maximum absolute atomic E-state index is 13.7. The third-order valence-corrected chi connectivity index (χ3v) is 3.62. The van der Waals surface area contributed by atoms with Crippen LogP contribution in [0.4, 0.5) is 4.39 Å². The fourth-order valence-electron chi connectivity index (χ4n) is 2.30. The number of amides is 1. The Labute approximate surface area is 147 Å². The first-order valence-corrected chi connectivity index (χ1v) is 8.02. The van der Waals surface area contributed by atoms with Gasteiger partial charge in [-0.1, -0.05) is 18.2 Å². The largest absolute Gasteiger partial charge is 0.494 e. The first-order valence-electron chi connectivity index (χ1n) is 8.02. The zero-order valence-electron chi connectivity index (χ0n) is 14.7. The molecule has 0 aromatic heterocycles. The van der Waals surface area contributed by atoms with E-state index in [1.54, 1.807) is 25.3 Å². The molecule has 132 valence electrons. The van der Waals surface area contributed by atoms with E-state index in [1.165, 1.54) is 24.2 Å². The van der Waals surface area contributed by atoms with Crippen molar-refractivity contribution in [2.45, 2.75) is 13.5 Å². The van der Waals surface area contributed by atoms with Gasteiger partial charge in [0, 0.05) is 19.7 Å². The Balaban J connectivity index is 1.96. The van der Waals surface area contributed by atoms with E-state index in [9.17, 15) is 9.18 Å². The van der Waals surface area contributed by atoms with E-state index in [4.69, 9.17) is 9.47 Å². The molecular weight excluding hydrogens is 321 g/mol. The van der Waals surface area contributed by atoms with Gasteiger partial charge in [-0.2, -0.15) is 0 Å². The maximum atomic E-state index is 13.7. The minimum Gasteiger partial charge on any atom is -0.494 e. The van der Waals surface area contributed by atoms with Crippen molar-refractivity contribution in [3.63, 3.8) is 0 Å². The van der Waals surface area contributed by atoms with E-state index >= 15 is 0 Å². The van der Waals surface area contributed by atoms with Gasteiger partial charge in [-0.15, -0.1) is 0 Å². The minimum absolute atomic E-state index is 0.162. The third-order valence-electron chi connectivity index (χ3n) is 3.62. The number of nitrogens with zero attached hydrogens (tertiary/aromatic N) is 1. The molecule has 2 aromatic carbocycles. The lowest BCUT2D eigenvalue weighted by Crippen LogP contribution is -2.24. The molecule has 0 bridgehead atoms. The van der Waals surface area contributed by atoms with E-state index in [1.807, 2.05) is 31.2 Å². The molecule has 2 rings (SSSR count). The standard InChI is InChI=1S/C20H22FNO3/c1-4-25-17-9-5-15(6-10-17)8-12-20(23)22(2)14-16-7-11-19(24-3)18(21)13-16/h5-13H,4,14H2,1-3H3/b12-8+. The smallest absolute Gasteiger partial charge is 0.246 e. The average Bonchev–Trinajstić information content (AvgIpc) is 2.61. The first-order chi connectivity index (χ1) is 12.0. The summed E-state index contributed by atoms with van der Waals surface area (Å²) in [4.78, 5) is 13.7. The zero-order valence-corrected chi connectivity index (χ0v) is 14.7. The van der Waals surface area contributed by atoms with Crippen LogP contribution < -0.4 is 9.47 Å². The molecule has 0 saturated heterocycles. The topological polar surface area (TPSA) is 38.8 Å². The van der Waals surface area contributed by atoms with Crippen molar-refractivity contribution in [1.82, 2.24) is 4.90 Å². The number of rotatable bonds is 7. The molecule has 0 heterocycles. The second-order valence-corrected chi connectivity index (χ2v) is 5.50. The molecule has 0 aliphatic heterocycles. The summed E-state index contributed by atoms with van der Waals surface area (Å²) < 4.78 is 24.0. The predicted molar refractivity (Wildman–Crippen MR) is 96.1 cm³/mol. The van der Waals surface area contributed by atoms with Crippen LogP contribution in [0.5, 0.6) is 11.5 Å². The number of halogens is 1. The van der Waals surface area contributed by atoms with Crippen molar-refractivity contribution in [2.75, 3.05) is 20.8 Å². The SMILES string of the molecule is CCOc1ccc(/C=C/C(=O)N(C)Cc2ccc(OC)c(F)c2)cc1. The van der Waals surface area contributed by atoms with Gasteiger partial charge in [0.25, 0.3) is 0 Å². The van der Waals surface area contributed by atoms with Crippen LogP contribution in [0, 0.1) is 5.82 Å². The molecule has 0 fully saturated rings. The van der Waals surface area contributed by atoms with Gasteiger partial charge in [0.05, 0.1) is 13.7 Å². The highest BCUT2D eigenvalue weighted by Crippen LogP contribution is 2.18. The summed E-state index contributed by atoms with van der Waals surface area (Å²) in [5.74, 6) is 0.383. The quantitative estimate of drug-likeness (QED) is 0.716. The molecule has 5 heteroatoms. The second-order valence-electron chi connectivity index (χ2n) is 5.50. The molecule has 0 atom stereocenters. The fraction of sp³-hybridized carbons (Fsp3) is 0.250. The Morgan fingerprint density at radius 1 is 1.20 bits per heavy atom. The van der Waals surface area contributed by atoms with E-state index in [2.05, 4.69) is 0 Å².